The highest BCUT2D eigenvalue weighted by Crippen LogP contribution is 2.41. The standard InChI is InChI=1S/C20H25BrN6O3S/c1-12-9-24-19-26(11-13(8-22)10-23-3)18(28)15-6-14(7-16(21)17(15)27(12)19)31(29,30)25-20(2)4-5-20/h6-8,10,12,22-23,25H,4-5,9,11H2,1-3H3/b13-10+,22-8?/t12-/m1/s1. The van der Waals surface area contributed by atoms with Crippen LogP contribution in [0.3, 0.4) is 0 Å². The van der Waals surface area contributed by atoms with E-state index in [4.69, 9.17) is 5.41 Å². The number of hydrogen-bond donors (Lipinski definition) is 3. The summed E-state index contributed by atoms with van der Waals surface area (Å²) in [5.74, 6) is 0.159. The van der Waals surface area contributed by atoms with Crippen molar-refractivity contribution in [2.24, 2.45) is 4.99 Å². The maximum atomic E-state index is 13.5. The van der Waals surface area contributed by atoms with Gasteiger partial charge < -0.3 is 15.6 Å². The molecule has 1 aromatic carbocycles. The number of aliphatic imine (C=N–C) groups is 1. The van der Waals surface area contributed by atoms with Gasteiger partial charge in [-0.05, 0) is 54.8 Å². The number of carbonyl (C=O) groups excluding carboxylic acids is 1. The maximum Gasteiger partial charge on any atom is 0.263 e. The Morgan fingerprint density at radius 3 is 2.74 bits per heavy atom. The maximum absolute atomic E-state index is 13.5. The zero-order valence-electron chi connectivity index (χ0n) is 17.6. The first kappa shape index (κ1) is 22.0. The molecule has 1 atom stereocenters. The van der Waals surface area contributed by atoms with Gasteiger partial charge in [0.15, 0.2) is 0 Å². The third-order valence-corrected chi connectivity index (χ3v) is 7.92. The van der Waals surface area contributed by atoms with Gasteiger partial charge in [-0.1, -0.05) is 0 Å². The third-order valence-electron chi connectivity index (χ3n) is 5.69. The zero-order valence-corrected chi connectivity index (χ0v) is 20.0. The fraction of sp³-hybridized carbons (Fsp3) is 0.450. The van der Waals surface area contributed by atoms with Gasteiger partial charge >= 0.3 is 0 Å². The molecule has 2 aliphatic heterocycles. The number of carbonyl (C=O) groups is 1. The van der Waals surface area contributed by atoms with Crippen molar-refractivity contribution in [2.75, 3.05) is 25.0 Å². The lowest BCUT2D eigenvalue weighted by molar-refractivity contribution is 0.0850. The number of guanidine groups is 1. The number of amides is 1. The molecule has 1 aliphatic carbocycles. The Balaban J connectivity index is 1.81. The smallest absolute Gasteiger partial charge is 0.263 e. The number of anilines is 1. The lowest BCUT2D eigenvalue weighted by Gasteiger charge is -2.38. The van der Waals surface area contributed by atoms with Gasteiger partial charge in [0.05, 0.1) is 35.3 Å². The SMILES string of the molecule is CN/C=C(\C=N)CN1C(=O)c2cc(S(=O)(=O)NC3(C)CC3)cc(Br)c2N2C1=NC[C@H]2C. The van der Waals surface area contributed by atoms with Crippen LogP contribution in [0.4, 0.5) is 5.69 Å². The fourth-order valence-electron chi connectivity index (χ4n) is 3.79. The molecule has 2 heterocycles. The molecule has 1 saturated carbocycles. The van der Waals surface area contributed by atoms with E-state index in [1.807, 2.05) is 18.7 Å². The van der Waals surface area contributed by atoms with Gasteiger partial charge in [-0.2, -0.15) is 0 Å². The predicted molar refractivity (Wildman–Crippen MR) is 123 cm³/mol. The molecule has 0 unspecified atom stereocenters. The van der Waals surface area contributed by atoms with Crippen molar-refractivity contribution in [3.63, 3.8) is 0 Å². The summed E-state index contributed by atoms with van der Waals surface area (Å²) in [6.07, 6.45) is 4.41. The average Bonchev–Trinajstić information content (AvgIpc) is 3.30. The van der Waals surface area contributed by atoms with Crippen LogP contribution in [0.2, 0.25) is 0 Å². The van der Waals surface area contributed by atoms with Gasteiger partial charge in [0.2, 0.25) is 16.0 Å². The predicted octanol–water partition coefficient (Wildman–Crippen LogP) is 2.05. The van der Waals surface area contributed by atoms with E-state index in [1.165, 1.54) is 17.2 Å². The summed E-state index contributed by atoms with van der Waals surface area (Å²) in [5, 5.41) is 10.5. The summed E-state index contributed by atoms with van der Waals surface area (Å²) in [7, 11) is -2.06. The normalized spacial score (nSPS) is 22.1. The monoisotopic (exact) mass is 508 g/mol. The van der Waals surface area contributed by atoms with Gasteiger partial charge in [0.1, 0.15) is 0 Å². The molecule has 31 heavy (non-hydrogen) atoms. The second kappa shape index (κ2) is 7.72. The summed E-state index contributed by atoms with van der Waals surface area (Å²) in [6.45, 7) is 4.53. The van der Waals surface area contributed by atoms with Crippen LogP contribution < -0.4 is 14.9 Å². The zero-order chi connectivity index (χ0) is 22.6. The third kappa shape index (κ3) is 3.90. The molecule has 0 aromatic heterocycles. The van der Waals surface area contributed by atoms with Crippen LogP contribution in [0.15, 0.2) is 38.3 Å². The van der Waals surface area contributed by atoms with Gasteiger partial charge in [-0.3, -0.25) is 14.7 Å². The molecule has 166 valence electrons. The Hall–Kier alpha value is -2.24. The van der Waals surface area contributed by atoms with Crippen molar-refractivity contribution >= 4 is 49.7 Å². The van der Waals surface area contributed by atoms with Crippen molar-refractivity contribution in [3.8, 4) is 0 Å². The average molecular weight is 509 g/mol. The number of nitrogens with one attached hydrogen (secondary N) is 3. The second-order valence-corrected chi connectivity index (χ2v) is 10.9. The van der Waals surface area contributed by atoms with Gasteiger partial charge in [0.25, 0.3) is 5.91 Å². The van der Waals surface area contributed by atoms with Gasteiger partial charge in [-0.25, -0.2) is 13.1 Å². The Morgan fingerprint density at radius 1 is 1.42 bits per heavy atom. The first-order valence-electron chi connectivity index (χ1n) is 10.00. The van der Waals surface area contributed by atoms with Crippen molar-refractivity contribution in [1.82, 2.24) is 14.9 Å². The van der Waals surface area contributed by atoms with Crippen molar-refractivity contribution in [1.29, 1.82) is 5.41 Å². The van der Waals surface area contributed by atoms with Crippen molar-refractivity contribution < 1.29 is 13.2 Å². The molecule has 3 N–H and O–H groups in total. The van der Waals surface area contributed by atoms with Crippen LogP contribution in [0.1, 0.15) is 37.0 Å². The largest absolute Gasteiger partial charge is 0.394 e. The van der Waals surface area contributed by atoms with E-state index in [2.05, 4.69) is 31.0 Å². The van der Waals surface area contributed by atoms with Crippen molar-refractivity contribution in [3.05, 3.63) is 33.9 Å². The minimum absolute atomic E-state index is 0.00307. The fourth-order valence-corrected chi connectivity index (χ4v) is 6.11. The number of nitrogens with zero attached hydrogens (tertiary/aromatic N) is 3. The molecule has 11 heteroatoms. The molecular weight excluding hydrogens is 484 g/mol. The minimum Gasteiger partial charge on any atom is -0.394 e. The molecule has 0 radical (unpaired) electrons. The molecule has 0 spiro atoms. The van der Waals surface area contributed by atoms with E-state index < -0.39 is 15.6 Å². The summed E-state index contributed by atoms with van der Waals surface area (Å²) < 4.78 is 29.2. The Bertz CT molecular complexity index is 1130. The first-order chi connectivity index (χ1) is 14.6. The highest BCUT2D eigenvalue weighted by Gasteiger charge is 2.44. The van der Waals surface area contributed by atoms with Crippen LogP contribution in [-0.4, -0.2) is 63.1 Å². The number of benzene rings is 1. The molecular formula is C20H25BrN6O3S. The second-order valence-electron chi connectivity index (χ2n) is 8.37. The van der Waals surface area contributed by atoms with Crippen LogP contribution in [-0.2, 0) is 10.0 Å². The van der Waals surface area contributed by atoms with E-state index in [0.29, 0.717) is 28.2 Å². The first-order valence-corrected chi connectivity index (χ1v) is 12.3. The van der Waals surface area contributed by atoms with Gasteiger partial charge in [0, 0.05) is 35.0 Å². The topological polar surface area (TPSA) is 118 Å². The van der Waals surface area contributed by atoms with Crippen LogP contribution >= 0.6 is 15.9 Å². The molecule has 1 amide bonds. The lowest BCUT2D eigenvalue weighted by Crippen LogP contribution is -2.53. The Kier molecular flexibility index (Phi) is 5.47. The van der Waals surface area contributed by atoms with Crippen LogP contribution in [0.5, 0.6) is 0 Å². The van der Waals surface area contributed by atoms with E-state index in [-0.39, 0.29) is 29.0 Å². The Morgan fingerprint density at radius 2 is 2.13 bits per heavy atom. The molecule has 4 rings (SSSR count). The molecule has 1 aromatic rings. The molecule has 3 aliphatic rings. The Labute approximate surface area is 190 Å². The number of rotatable bonds is 7. The summed E-state index contributed by atoms with van der Waals surface area (Å²) in [5.41, 5.74) is 1.08. The van der Waals surface area contributed by atoms with Crippen LogP contribution in [0, 0.1) is 5.41 Å². The summed E-state index contributed by atoms with van der Waals surface area (Å²) in [6, 6.07) is 2.99. The van der Waals surface area contributed by atoms with E-state index >= 15 is 0 Å². The molecule has 1 fully saturated rings. The number of sulfonamides is 1. The number of halogens is 1. The lowest BCUT2D eigenvalue weighted by atomic mass is 10.1. The van der Waals surface area contributed by atoms with E-state index in [9.17, 15) is 13.2 Å². The summed E-state index contributed by atoms with van der Waals surface area (Å²) in [4.78, 5) is 21.6. The number of fused-ring (bicyclic) bond motifs is 3. The highest BCUT2D eigenvalue weighted by molar-refractivity contribution is 9.10. The van der Waals surface area contributed by atoms with Crippen molar-refractivity contribution in [2.45, 2.75) is 43.2 Å². The van der Waals surface area contributed by atoms with Crippen LogP contribution in [0.25, 0.3) is 0 Å². The van der Waals surface area contributed by atoms with E-state index in [0.717, 1.165) is 12.8 Å². The van der Waals surface area contributed by atoms with Gasteiger partial charge in [-0.15, -0.1) is 0 Å². The minimum atomic E-state index is -3.78. The molecule has 9 nitrogen and oxygen atoms in total. The number of hydrogen-bond acceptors (Lipinski definition) is 7. The quantitative estimate of drug-likeness (QED) is 0.487. The summed E-state index contributed by atoms with van der Waals surface area (Å²) >= 11 is 3.50. The molecule has 0 saturated heterocycles. The highest BCUT2D eigenvalue weighted by atomic mass is 79.9. The van der Waals surface area contributed by atoms with E-state index in [1.54, 1.807) is 19.3 Å². The molecule has 0 bridgehead atoms.